The number of likely N-dealkylation sites (N-methyl/N-ethyl adjacent to an activating group) is 1. The molecular formula is C49H85NO7. The fraction of sp³-hybridized carbons (Fsp3) is 0.735. The van der Waals surface area contributed by atoms with Gasteiger partial charge in [0.15, 0.2) is 6.10 Å². The lowest BCUT2D eigenvalue weighted by Crippen LogP contribution is -2.55. The van der Waals surface area contributed by atoms with Crippen LogP contribution in [0.4, 0.5) is 0 Å². The molecule has 2 atom stereocenters. The molecule has 0 N–H and O–H groups in total. The number of carbonyl (C=O) groups is 3. The molecule has 0 spiro atoms. The zero-order valence-electron chi connectivity index (χ0n) is 37.2. The van der Waals surface area contributed by atoms with Gasteiger partial charge in [0.05, 0.1) is 40.3 Å². The van der Waals surface area contributed by atoms with Crippen molar-refractivity contribution in [2.75, 3.05) is 41.0 Å². The molecule has 2 unspecified atom stereocenters. The number of aliphatic carboxylic acids is 1. The van der Waals surface area contributed by atoms with Crippen molar-refractivity contribution in [2.24, 2.45) is 0 Å². The quantitative estimate of drug-likeness (QED) is 0.0263. The zero-order chi connectivity index (χ0) is 42.1. The number of carbonyl (C=O) groups excluding carboxylic acids is 3. The summed E-state index contributed by atoms with van der Waals surface area (Å²) in [5.74, 6) is -1.77. The van der Waals surface area contributed by atoms with E-state index < -0.39 is 18.1 Å². The van der Waals surface area contributed by atoms with E-state index in [1.807, 2.05) is 0 Å². The molecule has 0 amide bonds. The Bertz CT molecular complexity index is 1120. The highest BCUT2D eigenvalue weighted by Crippen LogP contribution is 2.13. The Balaban J connectivity index is 4.33. The summed E-state index contributed by atoms with van der Waals surface area (Å²) in [6.07, 6.45) is 48.1. The zero-order valence-corrected chi connectivity index (χ0v) is 37.2. The third-order valence-electron chi connectivity index (χ3n) is 9.89. The summed E-state index contributed by atoms with van der Waals surface area (Å²) in [7, 11) is 5.39. The van der Waals surface area contributed by atoms with Crippen molar-refractivity contribution >= 4 is 17.9 Å². The number of esters is 2. The van der Waals surface area contributed by atoms with Crippen LogP contribution in [0, 0.1) is 0 Å². The van der Waals surface area contributed by atoms with E-state index in [-0.39, 0.29) is 42.7 Å². The molecule has 0 heterocycles. The normalized spacial score (nSPS) is 13.5. The monoisotopic (exact) mass is 800 g/mol. The molecule has 0 fully saturated rings. The fourth-order valence-corrected chi connectivity index (χ4v) is 6.35. The van der Waals surface area contributed by atoms with Gasteiger partial charge in [-0.3, -0.25) is 9.59 Å². The lowest BCUT2D eigenvalue weighted by atomic mass is 10.1. The summed E-state index contributed by atoms with van der Waals surface area (Å²) in [4.78, 5) is 36.9. The second kappa shape index (κ2) is 39.8. The molecule has 0 rings (SSSR count). The average Bonchev–Trinajstić information content (AvgIpc) is 3.17. The summed E-state index contributed by atoms with van der Waals surface area (Å²) < 4.78 is 17.1. The second-order valence-corrected chi connectivity index (χ2v) is 16.3. The van der Waals surface area contributed by atoms with E-state index in [9.17, 15) is 19.5 Å². The van der Waals surface area contributed by atoms with Crippen molar-refractivity contribution < 1.29 is 38.2 Å². The topological polar surface area (TPSA) is 102 Å². The number of nitrogens with zero attached hydrogens (tertiary/aromatic N) is 1. The van der Waals surface area contributed by atoms with Gasteiger partial charge in [-0.2, -0.15) is 0 Å². The SMILES string of the molecule is CC/C=C/C/C=C/C/C=C/C/C=C/CCCCCCCCCC(=O)OCC(COCCC(C(=O)[O-])[N+](C)(C)C)OC(=O)CCCCC/C=C/CCCCCCCC. The first-order valence-electron chi connectivity index (χ1n) is 22.8. The van der Waals surface area contributed by atoms with Gasteiger partial charge in [-0.05, 0) is 77.0 Å². The van der Waals surface area contributed by atoms with Crippen LogP contribution < -0.4 is 5.11 Å². The molecule has 8 heteroatoms. The van der Waals surface area contributed by atoms with Gasteiger partial charge in [0.25, 0.3) is 0 Å². The van der Waals surface area contributed by atoms with Crippen LogP contribution in [0.3, 0.4) is 0 Å². The summed E-state index contributed by atoms with van der Waals surface area (Å²) in [6.45, 7) is 4.51. The third kappa shape index (κ3) is 38.3. The van der Waals surface area contributed by atoms with E-state index in [4.69, 9.17) is 14.2 Å². The van der Waals surface area contributed by atoms with Gasteiger partial charge >= 0.3 is 11.9 Å². The van der Waals surface area contributed by atoms with Crippen LogP contribution >= 0.6 is 0 Å². The van der Waals surface area contributed by atoms with Crippen molar-refractivity contribution in [3.8, 4) is 0 Å². The van der Waals surface area contributed by atoms with E-state index in [0.717, 1.165) is 83.5 Å². The highest BCUT2D eigenvalue weighted by Gasteiger charge is 2.25. The molecule has 0 saturated carbocycles. The van der Waals surface area contributed by atoms with Gasteiger partial charge in [-0.15, -0.1) is 0 Å². The number of allylic oxidation sites excluding steroid dienone is 10. The average molecular weight is 800 g/mol. The molecule has 8 nitrogen and oxygen atoms in total. The molecule has 328 valence electrons. The molecule has 0 aliphatic carbocycles. The van der Waals surface area contributed by atoms with Crippen molar-refractivity contribution in [1.29, 1.82) is 0 Å². The van der Waals surface area contributed by atoms with Gasteiger partial charge in [0.2, 0.25) is 0 Å². The van der Waals surface area contributed by atoms with E-state index >= 15 is 0 Å². The van der Waals surface area contributed by atoms with Crippen molar-refractivity contribution in [3.05, 3.63) is 60.8 Å². The number of rotatable bonds is 40. The Hall–Kier alpha value is -2.97. The molecule has 0 bridgehead atoms. The molecule has 0 aromatic carbocycles. The lowest BCUT2D eigenvalue weighted by molar-refractivity contribution is -0.889. The van der Waals surface area contributed by atoms with Gasteiger partial charge in [0, 0.05) is 19.3 Å². The first kappa shape index (κ1) is 54.0. The standard InChI is InChI=1S/C49H85NO7/c1-6-8-10-12-14-16-18-20-21-22-23-24-25-26-28-29-31-33-35-37-39-47(51)56-44-45(43-55-42-41-46(49(53)54)50(3,4)5)57-48(52)40-38-36-34-32-30-27-19-17-15-13-11-9-7-2/h8,10,14,16,20-21,23-24,27,30,45-46H,6-7,9,11-13,15,17-19,22,25-26,28-29,31-44H2,1-5H3/b10-8+,16-14+,21-20+,24-23+,30-27+. The van der Waals surface area contributed by atoms with E-state index in [1.54, 1.807) is 21.1 Å². The van der Waals surface area contributed by atoms with Crippen molar-refractivity contribution in [3.63, 3.8) is 0 Å². The number of quaternary nitrogens is 1. The minimum absolute atomic E-state index is 0.0294. The molecular weight excluding hydrogens is 715 g/mol. The van der Waals surface area contributed by atoms with Crippen LogP contribution in [0.15, 0.2) is 60.8 Å². The maximum atomic E-state index is 12.7. The van der Waals surface area contributed by atoms with Gasteiger partial charge in [0.1, 0.15) is 12.6 Å². The van der Waals surface area contributed by atoms with Crippen LogP contribution in [-0.2, 0) is 28.6 Å². The smallest absolute Gasteiger partial charge is 0.306 e. The molecule has 0 saturated heterocycles. The number of hydrogen-bond acceptors (Lipinski definition) is 7. The Morgan fingerprint density at radius 2 is 0.982 bits per heavy atom. The summed E-state index contributed by atoms with van der Waals surface area (Å²) in [6, 6.07) is -0.731. The minimum atomic E-state index is -1.13. The number of carboxylic acid groups (broad SMARTS) is 1. The van der Waals surface area contributed by atoms with Crippen molar-refractivity contribution in [1.82, 2.24) is 0 Å². The summed E-state index contributed by atoms with van der Waals surface area (Å²) >= 11 is 0. The molecule has 0 aliphatic rings. The Morgan fingerprint density at radius 3 is 1.49 bits per heavy atom. The fourth-order valence-electron chi connectivity index (χ4n) is 6.35. The largest absolute Gasteiger partial charge is 0.544 e. The molecule has 0 aliphatic heterocycles. The summed E-state index contributed by atoms with van der Waals surface area (Å²) in [5.41, 5.74) is 0. The Kier molecular flexibility index (Phi) is 37.8. The molecule has 0 aromatic heterocycles. The number of hydrogen-bond donors (Lipinski definition) is 0. The van der Waals surface area contributed by atoms with Gasteiger partial charge < -0.3 is 28.6 Å². The van der Waals surface area contributed by atoms with E-state index in [2.05, 4.69) is 74.6 Å². The number of unbranched alkanes of at least 4 members (excludes halogenated alkanes) is 16. The molecule has 57 heavy (non-hydrogen) atoms. The molecule has 0 radical (unpaired) electrons. The van der Waals surface area contributed by atoms with Gasteiger partial charge in [-0.25, -0.2) is 0 Å². The molecule has 0 aromatic rings. The van der Waals surface area contributed by atoms with E-state index in [0.29, 0.717) is 12.8 Å². The first-order chi connectivity index (χ1) is 27.6. The van der Waals surface area contributed by atoms with E-state index in [1.165, 1.54) is 64.2 Å². The van der Waals surface area contributed by atoms with Crippen LogP contribution in [-0.4, -0.2) is 75.5 Å². The highest BCUT2D eigenvalue weighted by atomic mass is 16.6. The van der Waals surface area contributed by atoms with Crippen LogP contribution in [0.5, 0.6) is 0 Å². The van der Waals surface area contributed by atoms with Crippen LogP contribution in [0.2, 0.25) is 0 Å². The highest BCUT2D eigenvalue weighted by molar-refractivity contribution is 5.70. The maximum Gasteiger partial charge on any atom is 0.306 e. The van der Waals surface area contributed by atoms with Crippen LogP contribution in [0.1, 0.15) is 181 Å². The van der Waals surface area contributed by atoms with Crippen LogP contribution in [0.25, 0.3) is 0 Å². The Labute approximate surface area is 349 Å². The second-order valence-electron chi connectivity index (χ2n) is 16.3. The summed E-state index contributed by atoms with van der Waals surface area (Å²) in [5, 5.41) is 11.6. The third-order valence-corrected chi connectivity index (χ3v) is 9.89. The minimum Gasteiger partial charge on any atom is -0.544 e. The van der Waals surface area contributed by atoms with Gasteiger partial charge in [-0.1, -0.05) is 145 Å². The predicted molar refractivity (Wildman–Crippen MR) is 236 cm³/mol. The lowest BCUT2D eigenvalue weighted by Gasteiger charge is -2.34. The predicted octanol–water partition coefficient (Wildman–Crippen LogP) is 11.2. The van der Waals surface area contributed by atoms with Crippen molar-refractivity contribution in [2.45, 2.75) is 193 Å². The first-order valence-corrected chi connectivity index (χ1v) is 22.8. The Morgan fingerprint density at radius 1 is 0.544 bits per heavy atom. The number of ether oxygens (including phenoxy) is 3. The number of carboxylic acids is 1. The maximum absolute atomic E-state index is 12.7.